The van der Waals surface area contributed by atoms with Crippen LogP contribution in [0.5, 0.6) is 0 Å². The van der Waals surface area contributed by atoms with Crippen molar-refractivity contribution in [2.75, 3.05) is 18.1 Å². The number of allylic oxidation sites excluding steroid dienone is 1. The van der Waals surface area contributed by atoms with Crippen LogP contribution in [0.4, 0.5) is 0 Å². The van der Waals surface area contributed by atoms with Crippen LogP contribution in [0.15, 0.2) is 48.9 Å². The van der Waals surface area contributed by atoms with E-state index in [0.717, 1.165) is 56.5 Å². The predicted octanol–water partition coefficient (Wildman–Crippen LogP) is 5.36. The van der Waals surface area contributed by atoms with Gasteiger partial charge in [0.2, 0.25) is 0 Å². The second-order valence-electron chi connectivity index (χ2n) is 9.83. The molecule has 7 nitrogen and oxygen atoms in total. The number of benzene rings is 1. The molecule has 0 fully saturated rings. The third-order valence-electron chi connectivity index (χ3n) is 6.18. The van der Waals surface area contributed by atoms with E-state index in [1.54, 1.807) is 12.5 Å². The van der Waals surface area contributed by atoms with Crippen molar-refractivity contribution in [3.63, 3.8) is 0 Å². The smallest absolute Gasteiger partial charge is 0.263 e. The number of carbonyl (C=O) groups is 1. The summed E-state index contributed by atoms with van der Waals surface area (Å²) in [5.41, 5.74) is 5.75. The van der Waals surface area contributed by atoms with Crippen LogP contribution >= 0.6 is 23.1 Å². The van der Waals surface area contributed by atoms with Crippen molar-refractivity contribution in [2.45, 2.75) is 38.6 Å². The molecule has 0 saturated heterocycles. The van der Waals surface area contributed by atoms with E-state index >= 15 is 0 Å². The molecule has 0 saturated carbocycles. The summed E-state index contributed by atoms with van der Waals surface area (Å²) in [6.07, 6.45) is 6.50. The van der Waals surface area contributed by atoms with Crippen molar-refractivity contribution in [3.8, 4) is 11.3 Å². The number of thioether (sulfide) groups is 1. The minimum Gasteiger partial charge on any atom is -0.394 e. The maximum absolute atomic E-state index is 12.8. The van der Waals surface area contributed by atoms with Crippen LogP contribution in [-0.4, -0.2) is 49.1 Å². The number of fused-ring (bicyclic) bond motifs is 1. The molecule has 36 heavy (non-hydrogen) atoms. The van der Waals surface area contributed by atoms with Gasteiger partial charge in [0.15, 0.2) is 0 Å². The molecule has 3 N–H and O–H groups in total. The Morgan fingerprint density at radius 1 is 1.19 bits per heavy atom. The minimum absolute atomic E-state index is 0.117. The van der Waals surface area contributed by atoms with E-state index in [0.29, 0.717) is 4.88 Å². The van der Waals surface area contributed by atoms with Gasteiger partial charge in [-0.3, -0.25) is 4.79 Å². The molecule has 4 heterocycles. The van der Waals surface area contributed by atoms with Crippen molar-refractivity contribution >= 4 is 45.6 Å². The van der Waals surface area contributed by atoms with Crippen molar-refractivity contribution in [1.82, 2.24) is 25.3 Å². The maximum Gasteiger partial charge on any atom is 0.263 e. The summed E-state index contributed by atoms with van der Waals surface area (Å²) in [5, 5.41) is 14.8. The number of aromatic amines is 1. The van der Waals surface area contributed by atoms with Crippen LogP contribution in [-0.2, 0) is 5.41 Å². The first-order chi connectivity index (χ1) is 17.3. The van der Waals surface area contributed by atoms with E-state index in [4.69, 9.17) is 0 Å². The number of hydrogen-bond donors (Lipinski definition) is 3. The topological polar surface area (TPSA) is 104 Å². The molecule has 3 aromatic heterocycles. The van der Waals surface area contributed by atoms with E-state index in [1.807, 2.05) is 36.0 Å². The van der Waals surface area contributed by atoms with Gasteiger partial charge in [-0.1, -0.05) is 51.1 Å². The minimum atomic E-state index is -0.521. The molecular weight excluding hydrogens is 490 g/mol. The third kappa shape index (κ3) is 5.09. The molecule has 1 amide bonds. The van der Waals surface area contributed by atoms with Crippen molar-refractivity contribution in [1.29, 1.82) is 0 Å². The lowest BCUT2D eigenvalue weighted by atomic mass is 9.98. The number of carbonyl (C=O) groups excluding carboxylic acids is 1. The lowest BCUT2D eigenvalue weighted by molar-refractivity contribution is 0.0920. The van der Waals surface area contributed by atoms with Gasteiger partial charge in [-0.2, -0.15) is 11.8 Å². The molecule has 9 heteroatoms. The largest absolute Gasteiger partial charge is 0.394 e. The predicted molar refractivity (Wildman–Crippen MR) is 147 cm³/mol. The Bertz CT molecular complexity index is 1420. The molecule has 0 bridgehead atoms. The Balaban J connectivity index is 1.36. The van der Waals surface area contributed by atoms with Gasteiger partial charge in [-0.05, 0) is 29.4 Å². The fourth-order valence-corrected chi connectivity index (χ4v) is 5.90. The van der Waals surface area contributed by atoms with Gasteiger partial charge in [0.25, 0.3) is 5.91 Å². The quantitative estimate of drug-likeness (QED) is 0.317. The summed E-state index contributed by atoms with van der Waals surface area (Å²) in [7, 11) is 0. The number of hydrogen-bond acceptors (Lipinski definition) is 7. The summed E-state index contributed by atoms with van der Waals surface area (Å²) in [4.78, 5) is 30.2. The monoisotopic (exact) mass is 519 g/mol. The number of amides is 1. The number of thiazole rings is 1. The zero-order valence-electron chi connectivity index (χ0n) is 20.5. The fraction of sp³-hybridized carbons (Fsp3) is 0.333. The number of H-pyrrole nitrogens is 1. The van der Waals surface area contributed by atoms with E-state index in [9.17, 15) is 9.90 Å². The summed E-state index contributed by atoms with van der Waals surface area (Å²) >= 11 is 3.33. The Morgan fingerprint density at radius 3 is 2.67 bits per heavy atom. The third-order valence-corrected chi connectivity index (χ3v) is 8.50. The first kappa shape index (κ1) is 24.7. The number of nitrogens with one attached hydrogen (secondary N) is 2. The highest BCUT2D eigenvalue weighted by molar-refractivity contribution is 7.99. The molecular formula is C27H29N5O2S2. The second kappa shape index (κ2) is 10.2. The van der Waals surface area contributed by atoms with Crippen LogP contribution in [0.25, 0.3) is 27.9 Å². The van der Waals surface area contributed by atoms with E-state index in [1.165, 1.54) is 16.9 Å². The van der Waals surface area contributed by atoms with Crippen LogP contribution in [0, 0.1) is 0 Å². The van der Waals surface area contributed by atoms with E-state index in [-0.39, 0.29) is 17.9 Å². The molecule has 0 radical (unpaired) electrons. The van der Waals surface area contributed by atoms with Crippen molar-refractivity contribution in [3.05, 3.63) is 70.1 Å². The number of aliphatic hydroxyl groups is 1. The highest BCUT2D eigenvalue weighted by atomic mass is 32.2. The molecule has 4 aromatic rings. The van der Waals surface area contributed by atoms with Gasteiger partial charge in [-0.15, -0.1) is 11.3 Å². The molecule has 1 aliphatic heterocycles. The molecule has 5 rings (SSSR count). The Morgan fingerprint density at radius 2 is 2.00 bits per heavy atom. The molecule has 0 aliphatic carbocycles. The zero-order chi connectivity index (χ0) is 25.3. The van der Waals surface area contributed by atoms with Crippen molar-refractivity contribution < 1.29 is 9.90 Å². The summed E-state index contributed by atoms with van der Waals surface area (Å²) < 4.78 is 0. The summed E-state index contributed by atoms with van der Waals surface area (Å²) in [6.45, 7) is 6.00. The van der Waals surface area contributed by atoms with Gasteiger partial charge in [-0.25, -0.2) is 15.0 Å². The first-order valence-electron chi connectivity index (χ1n) is 11.9. The average molecular weight is 520 g/mol. The van der Waals surface area contributed by atoms with Crippen LogP contribution in [0.3, 0.4) is 0 Å². The molecule has 1 unspecified atom stereocenters. The summed E-state index contributed by atoms with van der Waals surface area (Å²) in [5.74, 6) is 1.93. The lowest BCUT2D eigenvalue weighted by Crippen LogP contribution is -2.30. The SMILES string of the molecule is CC(C)(C)c1ncc(C(=O)NC(CO)c2ccc(-c3ncnc4[nH]c(C5=CCSCC5)cc34)cc2)s1. The van der Waals surface area contributed by atoms with Gasteiger partial charge >= 0.3 is 0 Å². The number of aromatic nitrogens is 4. The van der Waals surface area contributed by atoms with Crippen LogP contribution in [0.2, 0.25) is 0 Å². The molecule has 1 aliphatic rings. The van der Waals surface area contributed by atoms with Crippen molar-refractivity contribution in [2.24, 2.45) is 0 Å². The second-order valence-corrected chi connectivity index (χ2v) is 12.0. The maximum atomic E-state index is 12.8. The standard InChI is InChI=1S/C27H29N5O2S2/c1-27(2,3)26-28-13-22(36-26)25(34)32-21(14-33)16-4-6-18(7-5-16)23-19-12-20(17-8-10-35-11-9-17)31-24(19)30-15-29-23/h4-8,12-13,15,21,33H,9-11,14H2,1-3H3,(H,32,34)(H,29,30,31). The van der Waals surface area contributed by atoms with E-state index < -0.39 is 6.04 Å². The van der Waals surface area contributed by atoms with Gasteiger partial charge in [0, 0.05) is 27.8 Å². The average Bonchev–Trinajstić information content (AvgIpc) is 3.56. The molecule has 0 spiro atoms. The lowest BCUT2D eigenvalue weighted by Gasteiger charge is -2.17. The van der Waals surface area contributed by atoms with Gasteiger partial charge in [0.1, 0.15) is 16.9 Å². The summed E-state index contributed by atoms with van der Waals surface area (Å²) in [6, 6.07) is 9.40. The number of aliphatic hydroxyl groups excluding tert-OH is 1. The fourth-order valence-electron chi connectivity index (χ4n) is 4.18. The Labute approximate surface area is 218 Å². The van der Waals surface area contributed by atoms with Crippen LogP contribution < -0.4 is 5.32 Å². The van der Waals surface area contributed by atoms with Gasteiger partial charge < -0.3 is 15.4 Å². The van der Waals surface area contributed by atoms with Gasteiger partial charge in [0.05, 0.1) is 29.5 Å². The molecule has 1 aromatic carbocycles. The number of rotatable bonds is 6. The Hall–Kier alpha value is -3.01. The highest BCUT2D eigenvalue weighted by Gasteiger charge is 2.22. The van der Waals surface area contributed by atoms with Crippen LogP contribution in [0.1, 0.15) is 59.2 Å². The highest BCUT2D eigenvalue weighted by Crippen LogP contribution is 2.32. The molecule has 1 atom stereocenters. The number of nitrogens with zero attached hydrogens (tertiary/aromatic N) is 3. The molecule has 186 valence electrons. The normalized spacial score (nSPS) is 15.1. The zero-order valence-corrected chi connectivity index (χ0v) is 22.2. The Kier molecular flexibility index (Phi) is 6.96. The first-order valence-corrected chi connectivity index (χ1v) is 13.9. The van der Waals surface area contributed by atoms with E-state index in [2.05, 4.69) is 58.2 Å².